The Bertz CT molecular complexity index is 397. The van der Waals surface area contributed by atoms with Crippen molar-refractivity contribution in [3.8, 4) is 5.75 Å². The van der Waals surface area contributed by atoms with Crippen molar-refractivity contribution in [3.63, 3.8) is 0 Å². The van der Waals surface area contributed by atoms with Crippen LogP contribution in [-0.4, -0.2) is 32.9 Å². The van der Waals surface area contributed by atoms with Crippen LogP contribution in [0.3, 0.4) is 0 Å². The number of benzene rings is 1. The standard InChI is InChI=1S/C14H18O4/c1-16-14(15)12-3-2-4-13(9-12)18-10-11-5-7-17-8-6-11/h2-4,9,11H,5-8,10H2,1H3. The molecule has 0 atom stereocenters. The van der Waals surface area contributed by atoms with E-state index in [0.717, 1.165) is 26.1 Å². The number of rotatable bonds is 4. The van der Waals surface area contributed by atoms with Crippen LogP contribution in [0.2, 0.25) is 0 Å². The van der Waals surface area contributed by atoms with E-state index in [-0.39, 0.29) is 5.97 Å². The molecule has 4 heteroatoms. The van der Waals surface area contributed by atoms with Crippen molar-refractivity contribution in [2.24, 2.45) is 5.92 Å². The average Bonchev–Trinajstić information content (AvgIpc) is 2.45. The molecule has 0 unspecified atom stereocenters. The van der Waals surface area contributed by atoms with E-state index in [1.807, 2.05) is 6.07 Å². The summed E-state index contributed by atoms with van der Waals surface area (Å²) in [6, 6.07) is 7.08. The summed E-state index contributed by atoms with van der Waals surface area (Å²) < 4.78 is 15.7. The second kappa shape index (κ2) is 6.40. The summed E-state index contributed by atoms with van der Waals surface area (Å²) in [6.45, 7) is 2.31. The Balaban J connectivity index is 1.90. The third-order valence-electron chi connectivity index (χ3n) is 3.08. The number of ether oxygens (including phenoxy) is 3. The average molecular weight is 250 g/mol. The van der Waals surface area contributed by atoms with Gasteiger partial charge in [0.1, 0.15) is 5.75 Å². The molecule has 1 aliphatic heterocycles. The van der Waals surface area contributed by atoms with Gasteiger partial charge in [0.05, 0.1) is 19.3 Å². The largest absolute Gasteiger partial charge is 0.493 e. The molecule has 4 nitrogen and oxygen atoms in total. The summed E-state index contributed by atoms with van der Waals surface area (Å²) in [6.07, 6.45) is 2.08. The van der Waals surface area contributed by atoms with Crippen molar-refractivity contribution in [3.05, 3.63) is 29.8 Å². The first-order chi connectivity index (χ1) is 8.79. The number of carbonyl (C=O) groups excluding carboxylic acids is 1. The van der Waals surface area contributed by atoms with Gasteiger partial charge in [-0.2, -0.15) is 0 Å². The highest BCUT2D eigenvalue weighted by molar-refractivity contribution is 5.89. The van der Waals surface area contributed by atoms with Crippen LogP contribution >= 0.6 is 0 Å². The molecule has 1 fully saturated rings. The molecular formula is C14H18O4. The molecule has 0 radical (unpaired) electrons. The van der Waals surface area contributed by atoms with Crippen LogP contribution < -0.4 is 4.74 Å². The second-order valence-corrected chi connectivity index (χ2v) is 4.39. The molecule has 1 aromatic rings. The van der Waals surface area contributed by atoms with E-state index >= 15 is 0 Å². The Hall–Kier alpha value is -1.55. The lowest BCUT2D eigenvalue weighted by molar-refractivity contribution is 0.0497. The van der Waals surface area contributed by atoms with Crippen molar-refractivity contribution in [2.75, 3.05) is 26.9 Å². The van der Waals surface area contributed by atoms with Crippen LogP contribution in [0.15, 0.2) is 24.3 Å². The van der Waals surface area contributed by atoms with Crippen molar-refractivity contribution in [1.82, 2.24) is 0 Å². The van der Waals surface area contributed by atoms with Crippen molar-refractivity contribution < 1.29 is 19.0 Å². The van der Waals surface area contributed by atoms with Crippen LogP contribution in [-0.2, 0) is 9.47 Å². The fourth-order valence-electron chi connectivity index (χ4n) is 1.96. The molecule has 1 aliphatic rings. The number of hydrogen-bond acceptors (Lipinski definition) is 4. The molecule has 0 spiro atoms. The lowest BCUT2D eigenvalue weighted by Gasteiger charge is -2.22. The number of esters is 1. The van der Waals surface area contributed by atoms with Crippen molar-refractivity contribution >= 4 is 5.97 Å². The van der Waals surface area contributed by atoms with E-state index in [1.54, 1.807) is 18.2 Å². The summed E-state index contributed by atoms with van der Waals surface area (Å²) in [5.41, 5.74) is 0.516. The zero-order chi connectivity index (χ0) is 12.8. The highest BCUT2D eigenvalue weighted by atomic mass is 16.5. The molecular weight excluding hydrogens is 232 g/mol. The Kier molecular flexibility index (Phi) is 4.59. The van der Waals surface area contributed by atoms with E-state index in [4.69, 9.17) is 9.47 Å². The highest BCUT2D eigenvalue weighted by Crippen LogP contribution is 2.19. The van der Waals surface area contributed by atoms with Gasteiger partial charge in [-0.15, -0.1) is 0 Å². The fourth-order valence-corrected chi connectivity index (χ4v) is 1.96. The maximum atomic E-state index is 11.4. The van der Waals surface area contributed by atoms with Gasteiger partial charge in [-0.25, -0.2) is 4.79 Å². The molecule has 1 heterocycles. The summed E-state index contributed by atoms with van der Waals surface area (Å²) in [7, 11) is 1.37. The topological polar surface area (TPSA) is 44.8 Å². The highest BCUT2D eigenvalue weighted by Gasteiger charge is 2.14. The molecule has 0 aliphatic carbocycles. The minimum Gasteiger partial charge on any atom is -0.493 e. The summed E-state index contributed by atoms with van der Waals surface area (Å²) in [5, 5.41) is 0. The van der Waals surface area contributed by atoms with Gasteiger partial charge < -0.3 is 14.2 Å². The molecule has 1 aromatic carbocycles. The summed E-state index contributed by atoms with van der Waals surface area (Å²) in [5.74, 6) is 0.913. The molecule has 98 valence electrons. The normalized spacial score (nSPS) is 16.3. The second-order valence-electron chi connectivity index (χ2n) is 4.39. The van der Waals surface area contributed by atoms with E-state index in [1.165, 1.54) is 7.11 Å². The predicted molar refractivity (Wildman–Crippen MR) is 66.8 cm³/mol. The molecule has 2 rings (SSSR count). The van der Waals surface area contributed by atoms with Gasteiger partial charge >= 0.3 is 5.97 Å². The van der Waals surface area contributed by atoms with E-state index in [0.29, 0.717) is 23.8 Å². The molecule has 0 amide bonds. The van der Waals surface area contributed by atoms with Crippen molar-refractivity contribution in [2.45, 2.75) is 12.8 Å². The predicted octanol–water partition coefficient (Wildman–Crippen LogP) is 2.28. The lowest BCUT2D eigenvalue weighted by Crippen LogP contribution is -2.21. The Morgan fingerprint density at radius 1 is 1.39 bits per heavy atom. The van der Waals surface area contributed by atoms with E-state index < -0.39 is 0 Å². The van der Waals surface area contributed by atoms with Crippen molar-refractivity contribution in [1.29, 1.82) is 0 Å². The zero-order valence-electron chi connectivity index (χ0n) is 10.6. The molecule has 0 aromatic heterocycles. The molecule has 0 N–H and O–H groups in total. The third-order valence-corrected chi connectivity index (χ3v) is 3.08. The van der Waals surface area contributed by atoms with Crippen LogP contribution in [0.1, 0.15) is 23.2 Å². The first kappa shape index (κ1) is 12.9. The van der Waals surface area contributed by atoms with Gasteiger partial charge in [0.15, 0.2) is 0 Å². The van der Waals surface area contributed by atoms with Gasteiger partial charge in [0, 0.05) is 13.2 Å². The lowest BCUT2D eigenvalue weighted by atomic mass is 10.0. The molecule has 0 bridgehead atoms. The van der Waals surface area contributed by atoms with Gasteiger partial charge in [-0.1, -0.05) is 6.07 Å². The van der Waals surface area contributed by atoms with Crippen LogP contribution in [0, 0.1) is 5.92 Å². The van der Waals surface area contributed by atoms with Gasteiger partial charge in [-0.3, -0.25) is 0 Å². The SMILES string of the molecule is COC(=O)c1cccc(OCC2CCOCC2)c1. The first-order valence-corrected chi connectivity index (χ1v) is 6.18. The quantitative estimate of drug-likeness (QED) is 0.769. The number of methoxy groups -OCH3 is 1. The summed E-state index contributed by atoms with van der Waals surface area (Å²) in [4.78, 5) is 11.4. The van der Waals surface area contributed by atoms with Crippen LogP contribution in [0.5, 0.6) is 5.75 Å². The number of carbonyl (C=O) groups is 1. The van der Waals surface area contributed by atoms with Crippen LogP contribution in [0.4, 0.5) is 0 Å². The zero-order valence-corrected chi connectivity index (χ0v) is 10.6. The summed E-state index contributed by atoms with van der Waals surface area (Å²) >= 11 is 0. The molecule has 0 saturated carbocycles. The van der Waals surface area contributed by atoms with E-state index in [2.05, 4.69) is 4.74 Å². The smallest absolute Gasteiger partial charge is 0.337 e. The van der Waals surface area contributed by atoms with Gasteiger partial charge in [0.2, 0.25) is 0 Å². The third kappa shape index (κ3) is 3.47. The molecule has 18 heavy (non-hydrogen) atoms. The van der Waals surface area contributed by atoms with Crippen LogP contribution in [0.25, 0.3) is 0 Å². The fraction of sp³-hybridized carbons (Fsp3) is 0.500. The minimum absolute atomic E-state index is 0.341. The number of hydrogen-bond donors (Lipinski definition) is 0. The van der Waals surface area contributed by atoms with Gasteiger partial charge in [-0.05, 0) is 37.0 Å². The Morgan fingerprint density at radius 2 is 2.17 bits per heavy atom. The Morgan fingerprint density at radius 3 is 2.89 bits per heavy atom. The maximum Gasteiger partial charge on any atom is 0.337 e. The maximum absolute atomic E-state index is 11.4. The first-order valence-electron chi connectivity index (χ1n) is 6.18. The Labute approximate surface area is 107 Å². The monoisotopic (exact) mass is 250 g/mol. The van der Waals surface area contributed by atoms with E-state index in [9.17, 15) is 4.79 Å². The minimum atomic E-state index is -0.341. The molecule has 1 saturated heterocycles. The van der Waals surface area contributed by atoms with Gasteiger partial charge in [0.25, 0.3) is 0 Å².